The summed E-state index contributed by atoms with van der Waals surface area (Å²) in [5.41, 5.74) is 0. The van der Waals surface area contributed by atoms with Gasteiger partial charge in [-0.2, -0.15) is 4.31 Å². The molecule has 16 heavy (non-hydrogen) atoms. The van der Waals surface area contributed by atoms with Gasteiger partial charge in [-0.15, -0.1) is 0 Å². The van der Waals surface area contributed by atoms with Gasteiger partial charge in [-0.1, -0.05) is 6.92 Å². The van der Waals surface area contributed by atoms with Crippen molar-refractivity contribution in [3.8, 4) is 0 Å². The van der Waals surface area contributed by atoms with E-state index in [0.29, 0.717) is 18.9 Å². The van der Waals surface area contributed by atoms with Crippen LogP contribution in [0.3, 0.4) is 0 Å². The maximum atomic E-state index is 12.1. The van der Waals surface area contributed by atoms with Crippen LogP contribution in [0.15, 0.2) is 0 Å². The molecule has 0 amide bonds. The molecule has 1 fully saturated rings. The minimum atomic E-state index is -3.04. The molecule has 0 bridgehead atoms. The molecule has 1 aliphatic rings. The number of nitrogens with one attached hydrogen (secondary N) is 1. The molecule has 1 aliphatic heterocycles. The van der Waals surface area contributed by atoms with Crippen molar-refractivity contribution in [2.45, 2.75) is 39.2 Å². The molecule has 0 aromatic heterocycles. The first kappa shape index (κ1) is 13.9. The van der Waals surface area contributed by atoms with E-state index in [0.717, 1.165) is 19.4 Å². The van der Waals surface area contributed by atoms with E-state index in [1.54, 1.807) is 4.31 Å². The lowest BCUT2D eigenvalue weighted by molar-refractivity contribution is 0.202. The molecule has 0 radical (unpaired) electrons. The smallest absolute Gasteiger partial charge is 0.214 e. The lowest BCUT2D eigenvalue weighted by Crippen LogP contribution is -2.47. The fourth-order valence-electron chi connectivity index (χ4n) is 2.24. The first-order valence-electron chi connectivity index (χ1n) is 6.13. The Balaban J connectivity index is 2.59. The average Bonchev–Trinajstić information content (AvgIpc) is 2.22. The zero-order valence-corrected chi connectivity index (χ0v) is 11.4. The third-order valence-corrected chi connectivity index (χ3v) is 5.54. The van der Waals surface area contributed by atoms with Crippen molar-refractivity contribution in [2.75, 3.05) is 25.9 Å². The monoisotopic (exact) mass is 248 g/mol. The van der Waals surface area contributed by atoms with Crippen LogP contribution in [0.25, 0.3) is 0 Å². The molecule has 0 aromatic rings. The molecule has 0 spiro atoms. The Kier molecular flexibility index (Phi) is 5.21. The van der Waals surface area contributed by atoms with E-state index in [4.69, 9.17) is 0 Å². The molecule has 1 heterocycles. The Bertz CT molecular complexity index is 303. The highest BCUT2D eigenvalue weighted by Gasteiger charge is 2.32. The summed E-state index contributed by atoms with van der Waals surface area (Å²) >= 11 is 0. The molecule has 2 atom stereocenters. The van der Waals surface area contributed by atoms with Crippen LogP contribution in [0.5, 0.6) is 0 Å². The molecule has 4 nitrogen and oxygen atoms in total. The minimum Gasteiger partial charge on any atom is -0.320 e. The second-order valence-electron chi connectivity index (χ2n) is 4.74. The molecular weight excluding hydrogens is 224 g/mol. The van der Waals surface area contributed by atoms with E-state index in [1.165, 1.54) is 0 Å². The van der Waals surface area contributed by atoms with Crippen LogP contribution in [0.4, 0.5) is 0 Å². The molecule has 0 aliphatic carbocycles. The molecule has 1 N–H and O–H groups in total. The number of sulfonamides is 1. The van der Waals surface area contributed by atoms with E-state index < -0.39 is 10.0 Å². The summed E-state index contributed by atoms with van der Waals surface area (Å²) in [7, 11) is -1.20. The van der Waals surface area contributed by atoms with Gasteiger partial charge in [0.1, 0.15) is 0 Å². The van der Waals surface area contributed by atoms with Crippen LogP contribution in [-0.4, -0.2) is 44.7 Å². The van der Waals surface area contributed by atoms with E-state index in [-0.39, 0.29) is 11.8 Å². The summed E-state index contributed by atoms with van der Waals surface area (Å²) in [5.74, 6) is 0.748. The minimum absolute atomic E-state index is 0.160. The number of hydrogen-bond acceptors (Lipinski definition) is 3. The summed E-state index contributed by atoms with van der Waals surface area (Å²) in [4.78, 5) is 0. The number of rotatable bonds is 5. The Hall–Kier alpha value is -0.130. The average molecular weight is 248 g/mol. The van der Waals surface area contributed by atoms with Gasteiger partial charge in [0.15, 0.2) is 0 Å². The van der Waals surface area contributed by atoms with Crippen molar-refractivity contribution in [1.29, 1.82) is 0 Å². The van der Waals surface area contributed by atoms with Crippen molar-refractivity contribution in [2.24, 2.45) is 5.92 Å². The Labute approximate surface area is 99.5 Å². The second-order valence-corrected chi connectivity index (χ2v) is 6.79. The maximum Gasteiger partial charge on any atom is 0.214 e. The maximum absolute atomic E-state index is 12.1. The molecule has 0 aromatic carbocycles. The van der Waals surface area contributed by atoms with Gasteiger partial charge in [-0.3, -0.25) is 0 Å². The number of piperidine rings is 1. The molecule has 1 rings (SSSR count). The van der Waals surface area contributed by atoms with E-state index in [9.17, 15) is 8.42 Å². The highest BCUT2D eigenvalue weighted by Crippen LogP contribution is 2.25. The Morgan fingerprint density at radius 2 is 2.06 bits per heavy atom. The Morgan fingerprint density at radius 1 is 1.38 bits per heavy atom. The predicted molar refractivity (Wildman–Crippen MR) is 66.9 cm³/mol. The number of nitrogens with zero attached hydrogens (tertiary/aromatic N) is 1. The summed E-state index contributed by atoms with van der Waals surface area (Å²) in [6, 6.07) is 0.160. The van der Waals surface area contributed by atoms with Gasteiger partial charge >= 0.3 is 0 Å². The largest absolute Gasteiger partial charge is 0.320 e. The van der Waals surface area contributed by atoms with Gasteiger partial charge in [-0.05, 0) is 45.7 Å². The highest BCUT2D eigenvalue weighted by molar-refractivity contribution is 7.89. The van der Waals surface area contributed by atoms with Crippen LogP contribution in [0.2, 0.25) is 0 Å². The van der Waals surface area contributed by atoms with E-state index >= 15 is 0 Å². The summed E-state index contributed by atoms with van der Waals surface area (Å²) in [6.07, 6.45) is 2.83. The van der Waals surface area contributed by atoms with Crippen LogP contribution >= 0.6 is 0 Å². The molecule has 96 valence electrons. The van der Waals surface area contributed by atoms with Gasteiger partial charge < -0.3 is 5.32 Å². The quantitative estimate of drug-likeness (QED) is 0.740. The van der Waals surface area contributed by atoms with Crippen molar-refractivity contribution < 1.29 is 8.42 Å². The van der Waals surface area contributed by atoms with Crippen LogP contribution < -0.4 is 5.32 Å². The van der Waals surface area contributed by atoms with Gasteiger partial charge in [0.25, 0.3) is 0 Å². The van der Waals surface area contributed by atoms with Crippen molar-refractivity contribution in [3.05, 3.63) is 0 Å². The fraction of sp³-hybridized carbons (Fsp3) is 1.00. The first-order chi connectivity index (χ1) is 7.49. The zero-order chi connectivity index (χ0) is 12.2. The molecular formula is C11H24N2O2S. The molecule has 0 saturated carbocycles. The topological polar surface area (TPSA) is 49.4 Å². The van der Waals surface area contributed by atoms with Gasteiger partial charge in [0.2, 0.25) is 10.0 Å². The SMILES string of the molecule is CNCCCS(=O)(=O)N1CCCC(C)C1C. The van der Waals surface area contributed by atoms with Crippen LogP contribution in [-0.2, 0) is 10.0 Å². The summed E-state index contributed by atoms with van der Waals surface area (Å²) in [5, 5.41) is 2.98. The van der Waals surface area contributed by atoms with Crippen molar-refractivity contribution >= 4 is 10.0 Å². The lowest BCUT2D eigenvalue weighted by atomic mass is 9.94. The van der Waals surface area contributed by atoms with Gasteiger partial charge in [0, 0.05) is 12.6 Å². The lowest BCUT2D eigenvalue weighted by Gasteiger charge is -2.36. The van der Waals surface area contributed by atoms with Crippen LogP contribution in [0, 0.1) is 5.92 Å². The molecule has 2 unspecified atom stereocenters. The van der Waals surface area contributed by atoms with E-state index in [1.807, 2.05) is 14.0 Å². The second kappa shape index (κ2) is 5.98. The first-order valence-corrected chi connectivity index (χ1v) is 7.74. The predicted octanol–water partition coefficient (Wildman–Crippen LogP) is 1.05. The van der Waals surface area contributed by atoms with Gasteiger partial charge in [-0.25, -0.2) is 8.42 Å². The molecule has 5 heteroatoms. The summed E-state index contributed by atoms with van der Waals surface area (Å²) in [6.45, 7) is 5.63. The van der Waals surface area contributed by atoms with Crippen molar-refractivity contribution in [3.63, 3.8) is 0 Å². The third kappa shape index (κ3) is 3.43. The van der Waals surface area contributed by atoms with Crippen molar-refractivity contribution in [1.82, 2.24) is 9.62 Å². The normalized spacial score (nSPS) is 28.2. The zero-order valence-electron chi connectivity index (χ0n) is 10.6. The summed E-state index contributed by atoms with van der Waals surface area (Å²) < 4.78 is 25.9. The number of hydrogen-bond donors (Lipinski definition) is 1. The third-order valence-electron chi connectivity index (χ3n) is 3.50. The van der Waals surface area contributed by atoms with E-state index in [2.05, 4.69) is 12.2 Å². The Morgan fingerprint density at radius 3 is 2.69 bits per heavy atom. The fourth-order valence-corrected chi connectivity index (χ4v) is 4.10. The van der Waals surface area contributed by atoms with Gasteiger partial charge in [0.05, 0.1) is 5.75 Å². The molecule has 1 saturated heterocycles. The standard InChI is InChI=1S/C11H24N2O2S/c1-10-6-4-8-13(11(10)2)16(14,15)9-5-7-12-3/h10-12H,4-9H2,1-3H3. The highest BCUT2D eigenvalue weighted by atomic mass is 32.2. The van der Waals surface area contributed by atoms with Crippen LogP contribution in [0.1, 0.15) is 33.1 Å².